The van der Waals surface area contributed by atoms with Gasteiger partial charge in [-0.2, -0.15) is 0 Å². The summed E-state index contributed by atoms with van der Waals surface area (Å²) in [6.07, 6.45) is 0.558. The summed E-state index contributed by atoms with van der Waals surface area (Å²) in [5, 5.41) is -0.223. The van der Waals surface area contributed by atoms with E-state index in [1.165, 1.54) is 11.1 Å². The van der Waals surface area contributed by atoms with Gasteiger partial charge in [0.15, 0.2) is 9.84 Å². The quantitative estimate of drug-likeness (QED) is 0.762. The van der Waals surface area contributed by atoms with Gasteiger partial charge in [0, 0.05) is 17.5 Å². The predicted octanol–water partition coefficient (Wildman–Crippen LogP) is 2.82. The maximum absolute atomic E-state index is 12.8. The second-order valence-corrected chi connectivity index (χ2v) is 9.82. The van der Waals surface area contributed by atoms with E-state index in [4.69, 9.17) is 0 Å². The highest BCUT2D eigenvalue weighted by Crippen LogP contribution is 2.29. The molecule has 4 nitrogen and oxygen atoms in total. The van der Waals surface area contributed by atoms with E-state index in [-0.39, 0.29) is 28.7 Å². The molecule has 0 aromatic heterocycles. The molecule has 128 valence electrons. The number of sulfone groups is 1. The standard InChI is InChI=1S/C17H25NO3S2/c1-5-18(15-8-9-23(20,21)11-15)17(19)14(4)22-16-7-6-12(2)10-13(16)3/h6-7,10,14-15H,5,8-9,11H2,1-4H3/t14-,15+/m1/s1. The molecule has 0 bridgehead atoms. The maximum atomic E-state index is 12.8. The van der Waals surface area contributed by atoms with Gasteiger partial charge in [0.2, 0.25) is 5.91 Å². The summed E-state index contributed by atoms with van der Waals surface area (Å²) in [5.41, 5.74) is 2.37. The highest BCUT2D eigenvalue weighted by molar-refractivity contribution is 8.00. The molecule has 2 rings (SSSR count). The molecule has 0 radical (unpaired) electrons. The van der Waals surface area contributed by atoms with Gasteiger partial charge in [0.1, 0.15) is 0 Å². The number of benzene rings is 1. The number of hydrogen-bond donors (Lipinski definition) is 0. The van der Waals surface area contributed by atoms with E-state index < -0.39 is 9.84 Å². The molecule has 6 heteroatoms. The summed E-state index contributed by atoms with van der Waals surface area (Å²) in [6.45, 7) is 8.47. The summed E-state index contributed by atoms with van der Waals surface area (Å²) < 4.78 is 23.4. The van der Waals surface area contributed by atoms with E-state index >= 15 is 0 Å². The normalized spacial score (nSPS) is 21.1. The Kier molecular flexibility index (Phi) is 5.79. The highest BCUT2D eigenvalue weighted by atomic mass is 32.2. The Hall–Kier alpha value is -1.01. The fraction of sp³-hybridized carbons (Fsp3) is 0.588. The molecule has 0 saturated carbocycles. The van der Waals surface area contributed by atoms with Crippen molar-refractivity contribution in [3.63, 3.8) is 0 Å². The van der Waals surface area contributed by atoms with Crippen molar-refractivity contribution in [3.8, 4) is 0 Å². The Morgan fingerprint density at radius 2 is 2.09 bits per heavy atom. The molecule has 1 amide bonds. The Labute approximate surface area is 143 Å². The third-order valence-electron chi connectivity index (χ3n) is 4.25. The third-order valence-corrected chi connectivity index (χ3v) is 7.27. The monoisotopic (exact) mass is 355 g/mol. The summed E-state index contributed by atoms with van der Waals surface area (Å²) in [7, 11) is -2.98. The van der Waals surface area contributed by atoms with Gasteiger partial charge >= 0.3 is 0 Å². The van der Waals surface area contributed by atoms with Crippen LogP contribution in [0.4, 0.5) is 0 Å². The van der Waals surface area contributed by atoms with Gasteiger partial charge in [-0.25, -0.2) is 8.42 Å². The fourth-order valence-electron chi connectivity index (χ4n) is 3.02. The number of carbonyl (C=O) groups is 1. The minimum Gasteiger partial charge on any atom is -0.338 e. The largest absolute Gasteiger partial charge is 0.338 e. The summed E-state index contributed by atoms with van der Waals surface area (Å²) in [4.78, 5) is 15.6. The van der Waals surface area contributed by atoms with Crippen LogP contribution in [-0.2, 0) is 14.6 Å². The van der Waals surface area contributed by atoms with Crippen molar-refractivity contribution in [2.75, 3.05) is 18.1 Å². The van der Waals surface area contributed by atoms with Gasteiger partial charge in [0.05, 0.1) is 16.8 Å². The van der Waals surface area contributed by atoms with Crippen LogP contribution in [0.5, 0.6) is 0 Å². The van der Waals surface area contributed by atoms with E-state index in [9.17, 15) is 13.2 Å². The van der Waals surface area contributed by atoms with Gasteiger partial charge in [-0.1, -0.05) is 17.7 Å². The molecular formula is C17H25NO3S2. The van der Waals surface area contributed by atoms with Crippen LogP contribution in [0.2, 0.25) is 0 Å². The lowest BCUT2D eigenvalue weighted by molar-refractivity contribution is -0.131. The number of hydrogen-bond acceptors (Lipinski definition) is 4. The van der Waals surface area contributed by atoms with Crippen LogP contribution >= 0.6 is 11.8 Å². The summed E-state index contributed by atoms with van der Waals surface area (Å²) in [6, 6.07) is 6.05. The van der Waals surface area contributed by atoms with Crippen LogP contribution in [0.25, 0.3) is 0 Å². The molecule has 1 aliphatic rings. The molecule has 1 saturated heterocycles. The van der Waals surface area contributed by atoms with Gasteiger partial charge < -0.3 is 4.90 Å². The Morgan fingerprint density at radius 3 is 2.61 bits per heavy atom. The number of thioether (sulfide) groups is 1. The summed E-state index contributed by atoms with van der Waals surface area (Å²) in [5.74, 6) is 0.327. The van der Waals surface area contributed by atoms with Crippen molar-refractivity contribution in [2.24, 2.45) is 0 Å². The van der Waals surface area contributed by atoms with Crippen LogP contribution in [0.3, 0.4) is 0 Å². The first-order chi connectivity index (χ1) is 10.7. The lowest BCUT2D eigenvalue weighted by Crippen LogP contribution is -2.44. The Bertz CT molecular complexity index is 685. The molecule has 1 heterocycles. The molecule has 23 heavy (non-hydrogen) atoms. The molecule has 2 atom stereocenters. The van der Waals surface area contributed by atoms with E-state index in [0.717, 1.165) is 4.90 Å². The molecule has 1 aromatic carbocycles. The zero-order chi connectivity index (χ0) is 17.2. The van der Waals surface area contributed by atoms with Crippen LogP contribution < -0.4 is 0 Å². The highest BCUT2D eigenvalue weighted by Gasteiger charge is 2.35. The molecule has 0 unspecified atom stereocenters. The first-order valence-electron chi connectivity index (χ1n) is 7.98. The molecule has 1 aliphatic heterocycles. The lowest BCUT2D eigenvalue weighted by Gasteiger charge is -2.29. The van der Waals surface area contributed by atoms with Crippen molar-refractivity contribution in [2.45, 2.75) is 50.3 Å². The van der Waals surface area contributed by atoms with Crippen LogP contribution in [0, 0.1) is 13.8 Å². The maximum Gasteiger partial charge on any atom is 0.236 e. The molecule has 0 N–H and O–H groups in total. The summed E-state index contributed by atoms with van der Waals surface area (Å²) >= 11 is 1.55. The Morgan fingerprint density at radius 1 is 1.39 bits per heavy atom. The first kappa shape index (κ1) is 18.3. The van der Waals surface area contributed by atoms with Crippen LogP contribution in [0.1, 0.15) is 31.4 Å². The SMILES string of the molecule is CCN(C(=O)[C@@H](C)Sc1ccc(C)cc1C)[C@H]1CCS(=O)(=O)C1. The average Bonchev–Trinajstić information content (AvgIpc) is 2.82. The van der Waals surface area contributed by atoms with Crippen molar-refractivity contribution in [1.29, 1.82) is 0 Å². The Balaban J connectivity index is 2.08. The van der Waals surface area contributed by atoms with Crippen molar-refractivity contribution in [3.05, 3.63) is 29.3 Å². The number of nitrogens with zero attached hydrogens (tertiary/aromatic N) is 1. The van der Waals surface area contributed by atoms with Crippen molar-refractivity contribution < 1.29 is 13.2 Å². The van der Waals surface area contributed by atoms with E-state index in [1.54, 1.807) is 16.7 Å². The third kappa shape index (κ3) is 4.51. The number of carbonyl (C=O) groups excluding carboxylic acids is 1. The van der Waals surface area contributed by atoms with Gasteiger partial charge in [-0.05, 0) is 45.7 Å². The molecule has 0 spiro atoms. The van der Waals surface area contributed by atoms with Crippen LogP contribution in [0.15, 0.2) is 23.1 Å². The van der Waals surface area contributed by atoms with E-state index in [0.29, 0.717) is 13.0 Å². The van der Waals surface area contributed by atoms with E-state index in [2.05, 4.69) is 19.1 Å². The minimum absolute atomic E-state index is 0.0274. The second-order valence-electron chi connectivity index (χ2n) is 6.21. The predicted molar refractivity (Wildman–Crippen MR) is 95.7 cm³/mol. The smallest absolute Gasteiger partial charge is 0.236 e. The number of amides is 1. The topological polar surface area (TPSA) is 54.5 Å². The van der Waals surface area contributed by atoms with Crippen molar-refractivity contribution in [1.82, 2.24) is 4.90 Å². The number of rotatable bonds is 5. The van der Waals surface area contributed by atoms with Gasteiger partial charge in [0.25, 0.3) is 0 Å². The second kappa shape index (κ2) is 7.26. The van der Waals surface area contributed by atoms with Gasteiger partial charge in [-0.15, -0.1) is 11.8 Å². The molecule has 0 aliphatic carbocycles. The lowest BCUT2D eigenvalue weighted by atomic mass is 10.2. The first-order valence-corrected chi connectivity index (χ1v) is 10.7. The molecule has 1 fully saturated rings. The van der Waals surface area contributed by atoms with Crippen LogP contribution in [-0.4, -0.2) is 48.6 Å². The molecule has 1 aromatic rings. The molecular weight excluding hydrogens is 330 g/mol. The van der Waals surface area contributed by atoms with Crippen molar-refractivity contribution >= 4 is 27.5 Å². The zero-order valence-corrected chi connectivity index (χ0v) is 15.8. The fourth-order valence-corrected chi connectivity index (χ4v) is 5.76. The van der Waals surface area contributed by atoms with E-state index in [1.807, 2.05) is 26.8 Å². The minimum atomic E-state index is -2.98. The average molecular weight is 356 g/mol. The zero-order valence-electron chi connectivity index (χ0n) is 14.2. The number of aryl methyl sites for hydroxylation is 2. The van der Waals surface area contributed by atoms with Gasteiger partial charge in [-0.3, -0.25) is 4.79 Å².